The first kappa shape index (κ1) is 14.0. The molecule has 1 rings (SSSR count). The number of hydrogen-bond acceptors (Lipinski definition) is 3. The fraction of sp³-hybridized carbons (Fsp3) is 0.833. The van der Waals surface area contributed by atoms with Crippen LogP contribution in [0.4, 0.5) is 0 Å². The van der Waals surface area contributed by atoms with Crippen LogP contribution in [0.2, 0.25) is 0 Å². The van der Waals surface area contributed by atoms with E-state index in [0.717, 1.165) is 25.7 Å². The fourth-order valence-electron chi connectivity index (χ4n) is 2.24. The van der Waals surface area contributed by atoms with E-state index in [9.17, 15) is 9.59 Å². The Labute approximate surface area is 102 Å². The molecule has 5 nitrogen and oxygen atoms in total. The highest BCUT2D eigenvalue weighted by Gasteiger charge is 2.31. The highest BCUT2D eigenvalue weighted by atomic mass is 16.4. The molecule has 1 fully saturated rings. The second-order valence-electron chi connectivity index (χ2n) is 4.95. The summed E-state index contributed by atoms with van der Waals surface area (Å²) in [5, 5.41) is 8.89. The molecule has 3 N–H and O–H groups in total. The van der Waals surface area contributed by atoms with Gasteiger partial charge in [-0.3, -0.25) is 9.59 Å². The zero-order chi connectivity index (χ0) is 13.0. The lowest BCUT2D eigenvalue weighted by Gasteiger charge is -2.31. The number of amides is 1. The number of rotatable bonds is 5. The van der Waals surface area contributed by atoms with E-state index >= 15 is 0 Å². The summed E-state index contributed by atoms with van der Waals surface area (Å²) in [6.45, 7) is 3.33. The van der Waals surface area contributed by atoms with E-state index in [4.69, 9.17) is 10.8 Å². The van der Waals surface area contributed by atoms with Crippen molar-refractivity contribution in [3.63, 3.8) is 0 Å². The van der Waals surface area contributed by atoms with Crippen LogP contribution in [0.15, 0.2) is 0 Å². The van der Waals surface area contributed by atoms with Crippen LogP contribution in [-0.2, 0) is 9.59 Å². The zero-order valence-electron chi connectivity index (χ0n) is 10.6. The second-order valence-corrected chi connectivity index (χ2v) is 4.95. The maximum Gasteiger partial charge on any atom is 0.323 e. The number of hydrogen-bond donors (Lipinski definition) is 2. The minimum Gasteiger partial charge on any atom is -0.480 e. The van der Waals surface area contributed by atoms with Gasteiger partial charge in [0, 0.05) is 12.1 Å². The van der Waals surface area contributed by atoms with E-state index in [0.29, 0.717) is 0 Å². The summed E-state index contributed by atoms with van der Waals surface area (Å²) < 4.78 is 0. The molecule has 0 aliphatic heterocycles. The number of carbonyl (C=O) groups excluding carboxylic acids is 1. The third kappa shape index (κ3) is 3.70. The largest absolute Gasteiger partial charge is 0.480 e. The molecular formula is C12H22N2O3. The molecule has 1 aliphatic rings. The smallest absolute Gasteiger partial charge is 0.323 e. The molecule has 98 valence electrons. The lowest BCUT2D eigenvalue weighted by molar-refractivity contribution is -0.148. The van der Waals surface area contributed by atoms with E-state index < -0.39 is 5.97 Å². The van der Waals surface area contributed by atoms with Crippen LogP contribution in [0.25, 0.3) is 0 Å². The summed E-state index contributed by atoms with van der Waals surface area (Å²) in [5.74, 6) is -1.41. The first-order valence-corrected chi connectivity index (χ1v) is 6.21. The lowest BCUT2D eigenvalue weighted by Crippen LogP contribution is -2.48. The number of carboxylic acids is 1. The molecule has 0 aromatic carbocycles. The fourth-order valence-corrected chi connectivity index (χ4v) is 2.24. The number of aliphatic carboxylic acids is 1. The summed E-state index contributed by atoms with van der Waals surface area (Å²) >= 11 is 0. The Balaban J connectivity index is 2.74. The summed E-state index contributed by atoms with van der Waals surface area (Å²) in [4.78, 5) is 24.5. The van der Waals surface area contributed by atoms with Crippen LogP contribution in [0, 0.1) is 5.92 Å². The number of carboxylic acid groups (broad SMARTS) is 1. The van der Waals surface area contributed by atoms with E-state index in [2.05, 4.69) is 0 Å². The van der Waals surface area contributed by atoms with Crippen molar-refractivity contribution in [2.75, 3.05) is 6.54 Å². The number of carbonyl (C=O) groups is 2. The third-order valence-corrected chi connectivity index (χ3v) is 3.53. The molecule has 0 radical (unpaired) electrons. The summed E-state index contributed by atoms with van der Waals surface area (Å²) in [5.41, 5.74) is 5.71. The molecule has 0 aromatic heterocycles. The van der Waals surface area contributed by atoms with Crippen molar-refractivity contribution in [1.82, 2.24) is 4.90 Å². The van der Waals surface area contributed by atoms with E-state index in [1.54, 1.807) is 13.8 Å². The molecule has 0 bridgehead atoms. The summed E-state index contributed by atoms with van der Waals surface area (Å²) in [6.07, 6.45) is 3.95. The van der Waals surface area contributed by atoms with Gasteiger partial charge in [0.25, 0.3) is 0 Å². The Morgan fingerprint density at radius 1 is 1.35 bits per heavy atom. The lowest BCUT2D eigenvalue weighted by atomic mass is 10.0. The molecule has 0 spiro atoms. The van der Waals surface area contributed by atoms with Crippen molar-refractivity contribution >= 4 is 11.9 Å². The van der Waals surface area contributed by atoms with E-state index in [1.807, 2.05) is 0 Å². The van der Waals surface area contributed by atoms with E-state index in [-0.39, 0.29) is 30.5 Å². The van der Waals surface area contributed by atoms with Crippen LogP contribution in [0.1, 0.15) is 39.5 Å². The first-order chi connectivity index (χ1) is 7.93. The van der Waals surface area contributed by atoms with Gasteiger partial charge in [0.05, 0.1) is 5.92 Å². The standard InChI is InChI=1S/C12H22N2O3/c1-8(9(2)13)12(17)14(7-11(15)16)10-5-3-4-6-10/h8-10H,3-7,13H2,1-2H3,(H,15,16). The SMILES string of the molecule is CC(N)C(C)C(=O)N(CC(=O)O)C1CCCC1. The Kier molecular flexibility index (Phi) is 4.93. The minimum absolute atomic E-state index is 0.0831. The van der Waals surface area contributed by atoms with Gasteiger partial charge < -0.3 is 15.7 Å². The average molecular weight is 242 g/mol. The van der Waals surface area contributed by atoms with Crippen LogP contribution >= 0.6 is 0 Å². The van der Waals surface area contributed by atoms with Crippen molar-refractivity contribution in [2.24, 2.45) is 11.7 Å². The monoisotopic (exact) mass is 242 g/mol. The molecular weight excluding hydrogens is 220 g/mol. The van der Waals surface area contributed by atoms with Crippen molar-refractivity contribution in [3.8, 4) is 0 Å². The van der Waals surface area contributed by atoms with Crippen molar-refractivity contribution in [2.45, 2.75) is 51.6 Å². The second kappa shape index (κ2) is 6.00. The molecule has 0 saturated heterocycles. The summed E-state index contributed by atoms with van der Waals surface area (Å²) in [6, 6.07) is -0.167. The summed E-state index contributed by atoms with van der Waals surface area (Å²) in [7, 11) is 0. The molecule has 1 amide bonds. The molecule has 1 saturated carbocycles. The van der Waals surface area contributed by atoms with Crippen molar-refractivity contribution in [1.29, 1.82) is 0 Å². The molecule has 2 unspecified atom stereocenters. The Hall–Kier alpha value is -1.10. The Morgan fingerprint density at radius 3 is 2.29 bits per heavy atom. The topological polar surface area (TPSA) is 83.6 Å². The number of nitrogens with zero attached hydrogens (tertiary/aromatic N) is 1. The highest BCUT2D eigenvalue weighted by molar-refractivity contribution is 5.83. The first-order valence-electron chi connectivity index (χ1n) is 6.21. The van der Waals surface area contributed by atoms with Crippen molar-refractivity contribution in [3.05, 3.63) is 0 Å². The van der Waals surface area contributed by atoms with Gasteiger partial charge in [-0.1, -0.05) is 19.8 Å². The van der Waals surface area contributed by atoms with Crippen LogP contribution < -0.4 is 5.73 Å². The molecule has 1 aliphatic carbocycles. The van der Waals surface area contributed by atoms with Crippen LogP contribution in [0.3, 0.4) is 0 Å². The van der Waals surface area contributed by atoms with Crippen molar-refractivity contribution < 1.29 is 14.7 Å². The van der Waals surface area contributed by atoms with Gasteiger partial charge in [-0.2, -0.15) is 0 Å². The average Bonchev–Trinajstić information content (AvgIpc) is 2.76. The maximum atomic E-state index is 12.2. The molecule has 17 heavy (non-hydrogen) atoms. The minimum atomic E-state index is -0.956. The van der Waals surface area contributed by atoms with Gasteiger partial charge in [-0.05, 0) is 19.8 Å². The number of nitrogens with two attached hydrogens (primary N) is 1. The zero-order valence-corrected chi connectivity index (χ0v) is 10.6. The van der Waals surface area contributed by atoms with Gasteiger partial charge in [-0.15, -0.1) is 0 Å². The van der Waals surface area contributed by atoms with Gasteiger partial charge in [0.15, 0.2) is 0 Å². The predicted molar refractivity (Wildman–Crippen MR) is 64.4 cm³/mol. The van der Waals surface area contributed by atoms with Gasteiger partial charge >= 0.3 is 5.97 Å². The molecule has 5 heteroatoms. The highest BCUT2D eigenvalue weighted by Crippen LogP contribution is 2.25. The van der Waals surface area contributed by atoms with Gasteiger partial charge in [-0.25, -0.2) is 0 Å². The van der Waals surface area contributed by atoms with Crippen LogP contribution in [-0.4, -0.2) is 40.5 Å². The Bertz CT molecular complexity index is 285. The predicted octanol–water partition coefficient (Wildman–Crippen LogP) is 0.825. The van der Waals surface area contributed by atoms with Crippen LogP contribution in [0.5, 0.6) is 0 Å². The quantitative estimate of drug-likeness (QED) is 0.747. The van der Waals surface area contributed by atoms with Gasteiger partial charge in [0.2, 0.25) is 5.91 Å². The maximum absolute atomic E-state index is 12.2. The molecule has 0 aromatic rings. The molecule has 2 atom stereocenters. The molecule has 0 heterocycles. The van der Waals surface area contributed by atoms with E-state index in [1.165, 1.54) is 4.90 Å². The normalized spacial score (nSPS) is 19.9. The van der Waals surface area contributed by atoms with Gasteiger partial charge in [0.1, 0.15) is 6.54 Å². The Morgan fingerprint density at radius 2 is 1.88 bits per heavy atom. The third-order valence-electron chi connectivity index (χ3n) is 3.53.